The van der Waals surface area contributed by atoms with E-state index < -0.39 is 5.92 Å². The summed E-state index contributed by atoms with van der Waals surface area (Å²) in [4.78, 5) is 16.7. The summed E-state index contributed by atoms with van der Waals surface area (Å²) in [6.07, 6.45) is 0. The molecule has 3 rings (SSSR count). The van der Waals surface area contributed by atoms with Gasteiger partial charge in [0.1, 0.15) is 17.4 Å². The predicted molar refractivity (Wildman–Crippen MR) is 108 cm³/mol. The van der Waals surface area contributed by atoms with Crippen LogP contribution in [0.5, 0.6) is 5.75 Å². The van der Waals surface area contributed by atoms with E-state index in [1.54, 1.807) is 35.9 Å². The van der Waals surface area contributed by atoms with E-state index in [4.69, 9.17) is 16.3 Å². The molecule has 144 valence electrons. The highest BCUT2D eigenvalue weighted by Crippen LogP contribution is 2.24. The number of halogens is 1. The van der Waals surface area contributed by atoms with Gasteiger partial charge < -0.3 is 9.30 Å². The highest BCUT2D eigenvalue weighted by molar-refractivity contribution is 7.99. The number of benzene rings is 1. The lowest BCUT2D eigenvalue weighted by atomic mass is 10.1. The summed E-state index contributed by atoms with van der Waals surface area (Å²) in [7, 11) is 1.80. The average Bonchev–Trinajstić information content (AvgIpc) is 3.26. The number of nitrogens with zero attached hydrogens (tertiary/aromatic N) is 5. The van der Waals surface area contributed by atoms with Gasteiger partial charge in [-0.25, -0.2) is 4.98 Å². The summed E-state index contributed by atoms with van der Waals surface area (Å²) < 4.78 is 7.44. The molecule has 2 aromatic heterocycles. The SMILES string of the molecule is Cc1csc(C(C#N)C(=O)CSc2nnc(COc3ccc(Cl)cc3)n2C)n1. The number of Topliss-reactive ketones (excluding diaryl/α,β-unsaturated/α-hetero) is 1. The van der Waals surface area contributed by atoms with Crippen LogP contribution >= 0.6 is 34.7 Å². The second-order valence-electron chi connectivity index (χ2n) is 5.84. The fourth-order valence-corrected chi connectivity index (χ4v) is 4.09. The van der Waals surface area contributed by atoms with Crippen LogP contribution in [0.2, 0.25) is 5.02 Å². The van der Waals surface area contributed by atoms with Gasteiger partial charge in [0, 0.05) is 23.1 Å². The number of rotatable bonds is 8. The number of carbonyl (C=O) groups excluding carboxylic acids is 1. The summed E-state index contributed by atoms with van der Waals surface area (Å²) in [5.41, 5.74) is 0.805. The van der Waals surface area contributed by atoms with Crippen molar-refractivity contribution in [2.24, 2.45) is 7.05 Å². The summed E-state index contributed by atoms with van der Waals surface area (Å²) in [6.45, 7) is 2.07. The first kappa shape index (κ1) is 20.3. The van der Waals surface area contributed by atoms with E-state index in [1.807, 2.05) is 18.4 Å². The smallest absolute Gasteiger partial charge is 0.191 e. The average molecular weight is 434 g/mol. The minimum atomic E-state index is -0.855. The van der Waals surface area contributed by atoms with E-state index in [2.05, 4.69) is 15.2 Å². The Morgan fingerprint density at radius 1 is 1.39 bits per heavy atom. The first-order valence-corrected chi connectivity index (χ1v) is 10.5. The molecular weight excluding hydrogens is 418 g/mol. The summed E-state index contributed by atoms with van der Waals surface area (Å²) in [5.74, 6) is 0.349. The molecule has 0 aliphatic carbocycles. The number of hydrogen-bond donors (Lipinski definition) is 0. The maximum atomic E-state index is 12.4. The zero-order chi connectivity index (χ0) is 20.1. The molecule has 1 unspecified atom stereocenters. The number of ketones is 1. The van der Waals surface area contributed by atoms with Gasteiger partial charge in [0.25, 0.3) is 0 Å². The molecule has 2 heterocycles. The second-order valence-corrected chi connectivity index (χ2v) is 8.11. The van der Waals surface area contributed by atoms with Crippen LogP contribution in [-0.2, 0) is 18.4 Å². The van der Waals surface area contributed by atoms with E-state index in [9.17, 15) is 10.1 Å². The van der Waals surface area contributed by atoms with Crippen LogP contribution in [0.25, 0.3) is 0 Å². The lowest BCUT2D eigenvalue weighted by Crippen LogP contribution is -2.13. The van der Waals surface area contributed by atoms with E-state index in [0.717, 1.165) is 5.69 Å². The lowest BCUT2D eigenvalue weighted by Gasteiger charge is -2.07. The highest BCUT2D eigenvalue weighted by Gasteiger charge is 2.24. The van der Waals surface area contributed by atoms with Crippen molar-refractivity contribution in [2.75, 3.05) is 5.75 Å². The molecule has 0 aliphatic rings. The summed E-state index contributed by atoms with van der Waals surface area (Å²) in [6, 6.07) is 9.08. The van der Waals surface area contributed by atoms with Gasteiger partial charge in [-0.15, -0.1) is 21.5 Å². The predicted octanol–water partition coefficient (Wildman–Crippen LogP) is 3.78. The van der Waals surface area contributed by atoms with Crippen LogP contribution in [0.1, 0.15) is 22.4 Å². The molecule has 0 radical (unpaired) electrons. The minimum absolute atomic E-state index is 0.112. The quantitative estimate of drug-likeness (QED) is 0.499. The molecule has 0 fully saturated rings. The largest absolute Gasteiger partial charge is 0.486 e. The molecule has 0 saturated carbocycles. The number of thiazole rings is 1. The maximum Gasteiger partial charge on any atom is 0.191 e. The summed E-state index contributed by atoms with van der Waals surface area (Å²) >= 11 is 8.42. The monoisotopic (exact) mass is 433 g/mol. The number of carbonyl (C=O) groups is 1. The third kappa shape index (κ3) is 4.90. The van der Waals surface area contributed by atoms with Crippen molar-refractivity contribution in [3.05, 3.63) is 51.2 Å². The molecule has 7 nitrogen and oxygen atoms in total. The highest BCUT2D eigenvalue weighted by atomic mass is 35.5. The molecule has 0 aliphatic heterocycles. The second kappa shape index (κ2) is 9.19. The van der Waals surface area contributed by atoms with Crippen molar-refractivity contribution in [3.63, 3.8) is 0 Å². The number of aromatic nitrogens is 4. The standard InChI is InChI=1S/C18H16ClN5O2S2/c1-11-9-27-17(21-11)14(7-20)15(25)10-28-18-23-22-16(24(18)2)8-26-13-5-3-12(19)4-6-13/h3-6,9,14H,8,10H2,1-2H3. The molecule has 0 amide bonds. The van der Waals surface area contributed by atoms with Gasteiger partial charge in [0.05, 0.1) is 11.8 Å². The third-order valence-corrected chi connectivity index (χ3v) is 6.11. The zero-order valence-electron chi connectivity index (χ0n) is 15.1. The van der Waals surface area contributed by atoms with Crippen LogP contribution in [0.4, 0.5) is 0 Å². The number of hydrogen-bond acceptors (Lipinski definition) is 8. The van der Waals surface area contributed by atoms with Crippen LogP contribution in [0, 0.1) is 18.3 Å². The Balaban J connectivity index is 1.58. The fourth-order valence-electron chi connectivity index (χ4n) is 2.26. The Hall–Kier alpha value is -2.41. The van der Waals surface area contributed by atoms with Crippen molar-refractivity contribution in [2.45, 2.75) is 24.6 Å². The fraction of sp³-hybridized carbons (Fsp3) is 0.278. The van der Waals surface area contributed by atoms with Gasteiger partial charge in [-0.05, 0) is 31.2 Å². The van der Waals surface area contributed by atoms with Gasteiger partial charge in [-0.1, -0.05) is 23.4 Å². The van der Waals surface area contributed by atoms with Crippen molar-refractivity contribution in [1.29, 1.82) is 5.26 Å². The number of thioether (sulfide) groups is 1. The van der Waals surface area contributed by atoms with Crippen molar-refractivity contribution >= 4 is 40.5 Å². The van der Waals surface area contributed by atoms with E-state index >= 15 is 0 Å². The number of nitriles is 1. The van der Waals surface area contributed by atoms with Crippen molar-refractivity contribution in [1.82, 2.24) is 19.7 Å². The molecule has 3 aromatic rings. The Bertz CT molecular complexity index is 1010. The van der Waals surface area contributed by atoms with Crippen LogP contribution in [0.15, 0.2) is 34.8 Å². The molecule has 1 aromatic carbocycles. The molecule has 0 N–H and O–H groups in total. The first-order valence-electron chi connectivity index (χ1n) is 8.21. The zero-order valence-corrected chi connectivity index (χ0v) is 17.5. The van der Waals surface area contributed by atoms with Crippen molar-refractivity contribution in [3.8, 4) is 11.8 Å². The van der Waals surface area contributed by atoms with Gasteiger partial charge in [-0.2, -0.15) is 5.26 Å². The third-order valence-electron chi connectivity index (χ3n) is 3.78. The molecular formula is C18H16ClN5O2S2. The Morgan fingerprint density at radius 2 is 2.14 bits per heavy atom. The Labute approximate surface area is 175 Å². The number of aryl methyl sites for hydroxylation is 1. The summed E-state index contributed by atoms with van der Waals surface area (Å²) in [5, 5.41) is 21.1. The topological polar surface area (TPSA) is 93.7 Å². The minimum Gasteiger partial charge on any atom is -0.486 e. The molecule has 0 bridgehead atoms. The molecule has 0 saturated heterocycles. The van der Waals surface area contributed by atoms with Crippen LogP contribution < -0.4 is 4.74 Å². The van der Waals surface area contributed by atoms with E-state index in [0.29, 0.717) is 26.8 Å². The Kier molecular flexibility index (Phi) is 6.67. The molecule has 10 heteroatoms. The van der Waals surface area contributed by atoms with Crippen molar-refractivity contribution < 1.29 is 9.53 Å². The van der Waals surface area contributed by atoms with Gasteiger partial charge in [0.2, 0.25) is 0 Å². The Morgan fingerprint density at radius 3 is 2.79 bits per heavy atom. The van der Waals surface area contributed by atoms with Crippen LogP contribution in [-0.4, -0.2) is 31.3 Å². The van der Waals surface area contributed by atoms with Gasteiger partial charge in [-0.3, -0.25) is 4.79 Å². The van der Waals surface area contributed by atoms with E-state index in [1.165, 1.54) is 23.1 Å². The number of ether oxygens (including phenoxy) is 1. The lowest BCUT2D eigenvalue weighted by molar-refractivity contribution is -0.116. The van der Waals surface area contributed by atoms with E-state index in [-0.39, 0.29) is 18.1 Å². The van der Waals surface area contributed by atoms with Gasteiger partial charge in [0.15, 0.2) is 22.7 Å². The molecule has 0 spiro atoms. The first-order chi connectivity index (χ1) is 13.5. The molecule has 1 atom stereocenters. The van der Waals surface area contributed by atoms with Gasteiger partial charge >= 0.3 is 0 Å². The maximum absolute atomic E-state index is 12.4. The normalized spacial score (nSPS) is 11.8. The molecule has 28 heavy (non-hydrogen) atoms. The van der Waals surface area contributed by atoms with Crippen LogP contribution in [0.3, 0.4) is 0 Å².